The van der Waals surface area contributed by atoms with Gasteiger partial charge in [-0.1, -0.05) is 36.8 Å². The highest BCUT2D eigenvalue weighted by molar-refractivity contribution is 5.87. The number of fused-ring (bicyclic) bond motifs is 5. The quantitative estimate of drug-likeness (QED) is 0.424. The van der Waals surface area contributed by atoms with Crippen molar-refractivity contribution in [2.24, 2.45) is 22.7 Å². The molecule has 5 unspecified atom stereocenters. The Morgan fingerprint density at radius 2 is 1.89 bits per heavy atom. The minimum Gasteiger partial charge on any atom is -0.393 e. The molecule has 0 saturated heterocycles. The van der Waals surface area contributed by atoms with Crippen LogP contribution in [0.25, 0.3) is 16.3 Å². The predicted octanol–water partition coefficient (Wildman–Crippen LogP) is 4.69. The molecule has 2 aromatic rings. The van der Waals surface area contributed by atoms with E-state index in [0.29, 0.717) is 25.2 Å². The summed E-state index contributed by atoms with van der Waals surface area (Å²) in [6.07, 6.45) is 11.8. The highest BCUT2D eigenvalue weighted by Gasteiger charge is 2.65. The first kappa shape index (κ1) is 25.9. The number of pyridine rings is 1. The molecule has 4 aliphatic rings. The standard InChI is InChI=1S/C29H32N2O3.C2H7N/c1-27-10-11-28(17-30)15-22-13-23(32)5-4-18(22)8-9-29(28,34)25(27)7-6-24(27)19-2-3-20-16-31-26(33)14-21(20)12-19;1-3-2/h2-3,6,12,14-16,18,23,25,32,34H,4-5,7-11,13H2,1H3,(H,31,33);3H,1-2H3/t18?,23?,25?,27?,28?,29-;/m0./s1. The first-order valence-corrected chi connectivity index (χ1v) is 13.6. The Morgan fingerprint density at radius 3 is 2.65 bits per heavy atom. The zero-order valence-electron chi connectivity index (χ0n) is 22.2. The van der Waals surface area contributed by atoms with E-state index in [2.05, 4.69) is 47.6 Å². The summed E-state index contributed by atoms with van der Waals surface area (Å²) in [5.41, 5.74) is 1.15. The van der Waals surface area contributed by atoms with Gasteiger partial charge in [0.1, 0.15) is 5.41 Å². The Morgan fingerprint density at radius 1 is 1.11 bits per heavy atom. The number of benzene rings is 1. The van der Waals surface area contributed by atoms with E-state index in [1.54, 1.807) is 12.3 Å². The van der Waals surface area contributed by atoms with E-state index in [1.807, 2.05) is 20.2 Å². The van der Waals surface area contributed by atoms with Gasteiger partial charge < -0.3 is 20.5 Å². The van der Waals surface area contributed by atoms with Crippen LogP contribution in [0.3, 0.4) is 0 Å². The lowest BCUT2D eigenvalue weighted by molar-refractivity contribution is -0.143. The molecule has 196 valence electrons. The van der Waals surface area contributed by atoms with Crippen molar-refractivity contribution in [3.8, 4) is 6.07 Å². The molecule has 1 aromatic carbocycles. The van der Waals surface area contributed by atoms with E-state index in [0.717, 1.165) is 48.4 Å². The number of aliphatic hydroxyl groups excluding tert-OH is 1. The number of nitrogens with zero attached hydrogens (tertiary/aromatic N) is 1. The summed E-state index contributed by atoms with van der Waals surface area (Å²) < 4.78 is 0. The number of hydrogen-bond acceptors (Lipinski definition) is 5. The third-order valence-electron chi connectivity index (χ3n) is 9.73. The second kappa shape index (κ2) is 9.54. The summed E-state index contributed by atoms with van der Waals surface area (Å²) in [5, 5.41) is 37.9. The zero-order valence-corrected chi connectivity index (χ0v) is 22.2. The number of nitriles is 1. The van der Waals surface area contributed by atoms with Gasteiger partial charge >= 0.3 is 0 Å². The topological polar surface area (TPSA) is 109 Å². The molecule has 0 aliphatic heterocycles. The van der Waals surface area contributed by atoms with Crippen molar-refractivity contribution < 1.29 is 10.2 Å². The van der Waals surface area contributed by atoms with Crippen molar-refractivity contribution in [1.29, 1.82) is 5.26 Å². The summed E-state index contributed by atoms with van der Waals surface area (Å²) in [7, 11) is 3.75. The molecule has 6 heteroatoms. The summed E-state index contributed by atoms with van der Waals surface area (Å²) in [6, 6.07) is 10.5. The molecule has 4 N–H and O–H groups in total. The van der Waals surface area contributed by atoms with Gasteiger partial charge in [-0.3, -0.25) is 4.79 Å². The van der Waals surface area contributed by atoms with Gasteiger partial charge in [-0.25, -0.2) is 0 Å². The van der Waals surface area contributed by atoms with E-state index in [9.17, 15) is 20.3 Å². The molecule has 2 fully saturated rings. The number of aromatic nitrogens is 1. The van der Waals surface area contributed by atoms with Crippen molar-refractivity contribution in [1.82, 2.24) is 10.3 Å². The molecular weight excluding hydrogens is 462 g/mol. The average Bonchev–Trinajstić information content (AvgIpc) is 3.17. The van der Waals surface area contributed by atoms with Crippen LogP contribution in [0.15, 0.2) is 53.0 Å². The van der Waals surface area contributed by atoms with E-state index >= 15 is 0 Å². The van der Waals surface area contributed by atoms with Gasteiger partial charge in [-0.2, -0.15) is 5.26 Å². The molecule has 37 heavy (non-hydrogen) atoms. The Bertz CT molecular complexity index is 1350. The van der Waals surface area contributed by atoms with Gasteiger partial charge in [0.25, 0.3) is 0 Å². The SMILES string of the molecule is CC12CCC3(C#N)C=C4CC(O)CCC4CC[C@]3(O)C1CC=C2c1ccc2c[nH]c(=O)cc2c1.CNC. The van der Waals surface area contributed by atoms with Crippen LogP contribution >= 0.6 is 0 Å². The van der Waals surface area contributed by atoms with Gasteiger partial charge in [0, 0.05) is 18.2 Å². The summed E-state index contributed by atoms with van der Waals surface area (Å²) in [6.45, 7) is 2.26. The van der Waals surface area contributed by atoms with E-state index in [-0.39, 0.29) is 23.0 Å². The van der Waals surface area contributed by atoms with Gasteiger partial charge in [-0.15, -0.1) is 0 Å². The van der Waals surface area contributed by atoms with Crippen LogP contribution in [0.1, 0.15) is 63.9 Å². The van der Waals surface area contributed by atoms with Crippen molar-refractivity contribution in [3.63, 3.8) is 0 Å². The van der Waals surface area contributed by atoms with Gasteiger partial charge in [0.05, 0.1) is 17.8 Å². The second-order valence-corrected chi connectivity index (χ2v) is 11.9. The fourth-order valence-electron chi connectivity index (χ4n) is 7.83. The summed E-state index contributed by atoms with van der Waals surface area (Å²) in [5.74, 6) is 0.321. The van der Waals surface area contributed by atoms with Gasteiger partial charge in [-0.05, 0) is 105 Å². The molecule has 6 rings (SSSR count). The third kappa shape index (κ3) is 4.09. The van der Waals surface area contributed by atoms with Gasteiger partial charge in [0.15, 0.2) is 0 Å². The number of aromatic amines is 1. The van der Waals surface area contributed by atoms with Crippen molar-refractivity contribution in [2.45, 2.75) is 70.0 Å². The fraction of sp³-hybridized carbons (Fsp3) is 0.548. The second-order valence-electron chi connectivity index (χ2n) is 11.9. The summed E-state index contributed by atoms with van der Waals surface area (Å²) >= 11 is 0. The van der Waals surface area contributed by atoms with Crippen LogP contribution in [0.2, 0.25) is 0 Å². The number of hydrogen-bond donors (Lipinski definition) is 4. The largest absolute Gasteiger partial charge is 0.393 e. The highest BCUT2D eigenvalue weighted by Crippen LogP contribution is 2.66. The molecular formula is C31H39N3O3. The fourth-order valence-corrected chi connectivity index (χ4v) is 7.83. The maximum absolute atomic E-state index is 12.4. The van der Waals surface area contributed by atoms with Crippen LogP contribution in [-0.4, -0.2) is 41.0 Å². The Labute approximate surface area is 219 Å². The molecule has 1 heterocycles. The molecule has 0 bridgehead atoms. The Kier molecular flexibility index (Phi) is 6.68. The van der Waals surface area contributed by atoms with Crippen molar-refractivity contribution in [3.05, 3.63) is 64.1 Å². The minimum absolute atomic E-state index is 0.0415. The lowest BCUT2D eigenvalue weighted by Gasteiger charge is -2.56. The van der Waals surface area contributed by atoms with E-state index < -0.39 is 11.0 Å². The number of H-pyrrole nitrogens is 1. The molecule has 6 nitrogen and oxygen atoms in total. The van der Waals surface area contributed by atoms with Crippen LogP contribution in [0.4, 0.5) is 0 Å². The predicted molar refractivity (Wildman–Crippen MR) is 147 cm³/mol. The number of aliphatic hydroxyl groups is 2. The molecule has 2 saturated carbocycles. The van der Waals surface area contributed by atoms with Crippen LogP contribution < -0.4 is 10.9 Å². The maximum atomic E-state index is 12.4. The van der Waals surface area contributed by atoms with Crippen LogP contribution in [0.5, 0.6) is 0 Å². The average molecular weight is 502 g/mol. The highest BCUT2D eigenvalue weighted by atomic mass is 16.3. The molecule has 0 radical (unpaired) electrons. The molecule has 0 spiro atoms. The lowest BCUT2D eigenvalue weighted by Crippen LogP contribution is -2.59. The monoisotopic (exact) mass is 501 g/mol. The Hall–Kier alpha value is -2.72. The smallest absolute Gasteiger partial charge is 0.248 e. The molecule has 1 aromatic heterocycles. The third-order valence-corrected chi connectivity index (χ3v) is 9.73. The lowest BCUT2D eigenvalue weighted by atomic mass is 9.49. The maximum Gasteiger partial charge on any atom is 0.248 e. The minimum atomic E-state index is -1.10. The number of allylic oxidation sites excluding steroid dienone is 2. The van der Waals surface area contributed by atoms with E-state index in [4.69, 9.17) is 0 Å². The van der Waals surface area contributed by atoms with E-state index in [1.165, 1.54) is 11.1 Å². The van der Waals surface area contributed by atoms with Crippen LogP contribution in [-0.2, 0) is 0 Å². The first-order chi connectivity index (χ1) is 17.7. The number of nitrogens with one attached hydrogen (secondary N) is 2. The molecule has 4 aliphatic carbocycles. The first-order valence-electron chi connectivity index (χ1n) is 13.6. The Balaban J connectivity index is 0.000000892. The number of rotatable bonds is 1. The van der Waals surface area contributed by atoms with Crippen molar-refractivity contribution >= 4 is 16.3 Å². The van der Waals surface area contributed by atoms with Crippen molar-refractivity contribution in [2.75, 3.05) is 14.1 Å². The van der Waals surface area contributed by atoms with Gasteiger partial charge in [0.2, 0.25) is 5.56 Å². The normalized spacial score (nSPS) is 36.5. The molecule has 6 atom stereocenters. The van der Waals surface area contributed by atoms with Crippen LogP contribution in [0, 0.1) is 34.0 Å². The zero-order chi connectivity index (χ0) is 26.4. The summed E-state index contributed by atoms with van der Waals surface area (Å²) in [4.78, 5) is 14.6. The molecule has 0 amide bonds.